The van der Waals surface area contributed by atoms with Crippen LogP contribution in [0.4, 0.5) is 11.4 Å². The molecule has 1 rings (SSSR count). The van der Waals surface area contributed by atoms with Gasteiger partial charge in [0.15, 0.2) is 0 Å². The van der Waals surface area contributed by atoms with Crippen LogP contribution in [0.25, 0.3) is 0 Å². The molecule has 0 atom stereocenters. The van der Waals surface area contributed by atoms with E-state index in [0.29, 0.717) is 18.8 Å². The van der Waals surface area contributed by atoms with Crippen LogP contribution < -0.4 is 4.90 Å². The molecule has 3 nitrogen and oxygen atoms in total. The van der Waals surface area contributed by atoms with Crippen LogP contribution in [-0.2, 0) is 0 Å². The number of rotatable bonds is 6. The minimum absolute atomic E-state index is 0.446. The van der Waals surface area contributed by atoms with Crippen LogP contribution >= 0.6 is 0 Å². The lowest BCUT2D eigenvalue weighted by molar-refractivity contribution is 0.956. The lowest BCUT2D eigenvalue weighted by Crippen LogP contribution is -2.22. The summed E-state index contributed by atoms with van der Waals surface area (Å²) < 4.78 is 0. The zero-order chi connectivity index (χ0) is 11.1. The third-order valence-electron chi connectivity index (χ3n) is 2.02. The predicted molar refractivity (Wildman–Crippen MR) is 64.5 cm³/mol. The van der Waals surface area contributed by atoms with Crippen LogP contribution in [0.2, 0.25) is 0 Å². The monoisotopic (exact) mass is 202 g/mol. The smallest absolute Gasteiger partial charge is 0.131 e. The lowest BCUT2D eigenvalue weighted by atomic mass is 10.2. The average molecular weight is 202 g/mol. The van der Waals surface area contributed by atoms with Crippen LogP contribution in [0.1, 0.15) is 0 Å². The van der Waals surface area contributed by atoms with E-state index in [4.69, 9.17) is 0 Å². The molecule has 0 heterocycles. The fourth-order valence-electron chi connectivity index (χ4n) is 1.39. The molecular weight excluding hydrogens is 188 g/mol. The van der Waals surface area contributed by atoms with Crippen molar-refractivity contribution in [2.24, 2.45) is 5.18 Å². The van der Waals surface area contributed by atoms with Gasteiger partial charge in [0.1, 0.15) is 5.69 Å². The van der Waals surface area contributed by atoms with Gasteiger partial charge in [-0.25, -0.2) is 0 Å². The fourth-order valence-corrected chi connectivity index (χ4v) is 1.39. The molecule has 0 aliphatic rings. The molecule has 0 saturated heterocycles. The van der Waals surface area contributed by atoms with E-state index in [0.717, 1.165) is 5.69 Å². The van der Waals surface area contributed by atoms with E-state index in [1.165, 1.54) is 0 Å². The van der Waals surface area contributed by atoms with Gasteiger partial charge in [-0.1, -0.05) is 24.3 Å². The van der Waals surface area contributed by atoms with Gasteiger partial charge in [0, 0.05) is 13.1 Å². The van der Waals surface area contributed by atoms with Crippen molar-refractivity contribution in [1.82, 2.24) is 0 Å². The number of hydrogen-bond acceptors (Lipinski definition) is 3. The van der Waals surface area contributed by atoms with Crippen molar-refractivity contribution in [1.29, 1.82) is 0 Å². The summed E-state index contributed by atoms with van der Waals surface area (Å²) in [5.41, 5.74) is 1.26. The number of para-hydroxylation sites is 1. The van der Waals surface area contributed by atoms with E-state index < -0.39 is 0 Å². The second-order valence-electron chi connectivity index (χ2n) is 3.06. The van der Waals surface area contributed by atoms with Gasteiger partial charge in [-0.15, -0.1) is 18.1 Å². The maximum atomic E-state index is 10.6. The minimum Gasteiger partial charge on any atom is -0.362 e. The molecule has 0 N–H and O–H groups in total. The maximum absolute atomic E-state index is 10.6. The van der Waals surface area contributed by atoms with Gasteiger partial charge >= 0.3 is 0 Å². The summed E-state index contributed by atoms with van der Waals surface area (Å²) in [6.45, 7) is 8.69. The van der Waals surface area contributed by atoms with E-state index in [1.54, 1.807) is 24.3 Å². The number of benzene rings is 1. The number of nitrogens with zero attached hydrogens (tertiary/aromatic N) is 2. The van der Waals surface area contributed by atoms with Crippen molar-refractivity contribution < 1.29 is 0 Å². The standard InChI is InChI=1S/C12H14N2O/c1-3-9-14(10-4-2)12-8-6-5-7-11(12)13-15/h3-8H,1-2,9-10H2. The molecule has 0 spiro atoms. The fraction of sp³-hybridized carbons (Fsp3) is 0.167. The first-order chi connectivity index (χ1) is 7.33. The highest BCUT2D eigenvalue weighted by Crippen LogP contribution is 2.27. The largest absolute Gasteiger partial charge is 0.362 e. The highest BCUT2D eigenvalue weighted by atomic mass is 16.3. The van der Waals surface area contributed by atoms with E-state index >= 15 is 0 Å². The van der Waals surface area contributed by atoms with Crippen molar-refractivity contribution >= 4 is 11.4 Å². The molecule has 3 heteroatoms. The summed E-state index contributed by atoms with van der Waals surface area (Å²) >= 11 is 0. The van der Waals surface area contributed by atoms with Gasteiger partial charge < -0.3 is 4.90 Å². The molecule has 0 aliphatic heterocycles. The SMILES string of the molecule is C=CCN(CC=C)c1ccccc1N=O. The topological polar surface area (TPSA) is 32.7 Å². The number of anilines is 1. The molecule has 0 aliphatic carbocycles. The summed E-state index contributed by atoms with van der Waals surface area (Å²) in [4.78, 5) is 12.6. The molecule has 0 amide bonds. The van der Waals surface area contributed by atoms with Gasteiger partial charge in [-0.3, -0.25) is 0 Å². The Kier molecular flexibility index (Phi) is 4.29. The molecule has 0 aromatic heterocycles. The molecule has 15 heavy (non-hydrogen) atoms. The highest BCUT2D eigenvalue weighted by molar-refractivity contribution is 5.67. The first-order valence-electron chi connectivity index (χ1n) is 4.72. The van der Waals surface area contributed by atoms with E-state index in [9.17, 15) is 4.91 Å². The second kappa shape index (κ2) is 5.75. The molecular formula is C12H14N2O. The van der Waals surface area contributed by atoms with Crippen molar-refractivity contribution in [3.8, 4) is 0 Å². The predicted octanol–water partition coefficient (Wildman–Crippen LogP) is 3.26. The molecule has 78 valence electrons. The Balaban J connectivity index is 3.02. The van der Waals surface area contributed by atoms with Gasteiger partial charge in [0.05, 0.1) is 5.69 Å². The van der Waals surface area contributed by atoms with Gasteiger partial charge in [0.2, 0.25) is 0 Å². The average Bonchev–Trinajstić information content (AvgIpc) is 2.29. The Hall–Kier alpha value is -1.90. The second-order valence-corrected chi connectivity index (χ2v) is 3.06. The highest BCUT2D eigenvalue weighted by Gasteiger charge is 2.08. The van der Waals surface area contributed by atoms with Crippen LogP contribution in [-0.4, -0.2) is 13.1 Å². The van der Waals surface area contributed by atoms with Crippen molar-refractivity contribution in [2.45, 2.75) is 0 Å². The Morgan fingerprint density at radius 2 is 1.80 bits per heavy atom. The van der Waals surface area contributed by atoms with Crippen LogP contribution in [0.3, 0.4) is 0 Å². The molecule has 0 saturated carbocycles. The van der Waals surface area contributed by atoms with Crippen LogP contribution in [0.15, 0.2) is 54.8 Å². The molecule has 0 fully saturated rings. The normalized spacial score (nSPS) is 9.33. The molecule has 0 unspecified atom stereocenters. The Morgan fingerprint density at radius 1 is 1.20 bits per heavy atom. The Bertz CT molecular complexity index is 350. The first-order valence-corrected chi connectivity index (χ1v) is 4.72. The zero-order valence-corrected chi connectivity index (χ0v) is 8.60. The Labute approximate surface area is 89.7 Å². The third-order valence-corrected chi connectivity index (χ3v) is 2.02. The molecule has 0 bridgehead atoms. The van der Waals surface area contributed by atoms with E-state index in [2.05, 4.69) is 18.3 Å². The molecule has 1 aromatic rings. The molecule has 0 radical (unpaired) electrons. The summed E-state index contributed by atoms with van der Waals surface area (Å²) in [6.07, 6.45) is 3.57. The van der Waals surface area contributed by atoms with Crippen molar-refractivity contribution in [3.63, 3.8) is 0 Å². The van der Waals surface area contributed by atoms with E-state index in [1.807, 2.05) is 17.0 Å². The summed E-state index contributed by atoms with van der Waals surface area (Å²) in [7, 11) is 0. The third kappa shape index (κ3) is 2.77. The van der Waals surface area contributed by atoms with Crippen LogP contribution in [0.5, 0.6) is 0 Å². The summed E-state index contributed by atoms with van der Waals surface area (Å²) in [5.74, 6) is 0. The van der Waals surface area contributed by atoms with Crippen LogP contribution in [0, 0.1) is 4.91 Å². The maximum Gasteiger partial charge on any atom is 0.131 e. The summed E-state index contributed by atoms with van der Waals surface area (Å²) in [6, 6.07) is 7.23. The van der Waals surface area contributed by atoms with Crippen molar-refractivity contribution in [2.75, 3.05) is 18.0 Å². The minimum atomic E-state index is 0.446. The quantitative estimate of drug-likeness (QED) is 0.524. The first kappa shape index (κ1) is 11.2. The number of nitroso groups, excluding NO2 is 1. The number of hydrogen-bond donors (Lipinski definition) is 0. The van der Waals surface area contributed by atoms with E-state index in [-0.39, 0.29) is 0 Å². The zero-order valence-electron chi connectivity index (χ0n) is 8.60. The lowest BCUT2D eigenvalue weighted by Gasteiger charge is -2.22. The van der Waals surface area contributed by atoms with Crippen molar-refractivity contribution in [3.05, 3.63) is 54.5 Å². The van der Waals surface area contributed by atoms with Gasteiger partial charge in [0.25, 0.3) is 0 Å². The summed E-state index contributed by atoms with van der Waals surface area (Å²) in [5, 5.41) is 3.00. The van der Waals surface area contributed by atoms with Gasteiger partial charge in [-0.2, -0.15) is 0 Å². The molecule has 1 aromatic carbocycles. The Morgan fingerprint density at radius 3 is 2.33 bits per heavy atom. The van der Waals surface area contributed by atoms with Gasteiger partial charge in [-0.05, 0) is 17.3 Å².